The lowest BCUT2D eigenvalue weighted by atomic mass is 9.76. The van der Waals surface area contributed by atoms with E-state index in [1.54, 1.807) is 29.2 Å². The van der Waals surface area contributed by atoms with Crippen molar-refractivity contribution < 1.29 is 18.0 Å². The summed E-state index contributed by atoms with van der Waals surface area (Å²) in [6.07, 6.45) is 1.80. The largest absolute Gasteiger partial charge is 0.395 e. The fourth-order valence-corrected chi connectivity index (χ4v) is 5.62. The molecule has 1 saturated carbocycles. The van der Waals surface area contributed by atoms with E-state index in [9.17, 15) is 27.6 Å². The van der Waals surface area contributed by atoms with Crippen molar-refractivity contribution in [1.82, 2.24) is 24.5 Å². The van der Waals surface area contributed by atoms with Crippen molar-refractivity contribution in [1.29, 1.82) is 0 Å². The number of rotatable bonds is 4. The summed E-state index contributed by atoms with van der Waals surface area (Å²) in [5, 5.41) is 4.57. The Hall–Kier alpha value is -3.96. The summed E-state index contributed by atoms with van der Waals surface area (Å²) in [7, 11) is 0. The van der Waals surface area contributed by atoms with Crippen LogP contribution in [0.5, 0.6) is 0 Å². The van der Waals surface area contributed by atoms with Gasteiger partial charge in [-0.2, -0.15) is 18.3 Å². The molecule has 0 spiro atoms. The van der Waals surface area contributed by atoms with Crippen LogP contribution in [0.15, 0.2) is 57.5 Å². The summed E-state index contributed by atoms with van der Waals surface area (Å²) in [6, 6.07) is 7.06. The number of imidazole rings is 1. The minimum atomic E-state index is -4.28. The highest BCUT2D eigenvalue weighted by Gasteiger charge is 2.55. The third kappa shape index (κ3) is 3.91. The van der Waals surface area contributed by atoms with Gasteiger partial charge in [-0.3, -0.25) is 14.6 Å². The number of hydrogen-bond donors (Lipinski definition) is 2. The molecular formula is C25H23F3N6O3. The van der Waals surface area contributed by atoms with Crippen LogP contribution in [0, 0.1) is 11.8 Å². The number of carbonyl (C=O) groups is 1. The Labute approximate surface area is 208 Å². The molecule has 3 atom stereocenters. The Morgan fingerprint density at radius 2 is 1.89 bits per heavy atom. The van der Waals surface area contributed by atoms with E-state index in [0.717, 1.165) is 17.8 Å². The fraction of sp³-hybridized carbons (Fsp3) is 0.400. The minimum absolute atomic E-state index is 0.186. The molecule has 2 aliphatic heterocycles. The van der Waals surface area contributed by atoms with Gasteiger partial charge in [0.2, 0.25) is 0 Å². The highest BCUT2D eigenvalue weighted by molar-refractivity contribution is 6.01. The molecule has 1 amide bonds. The van der Waals surface area contributed by atoms with E-state index in [0.29, 0.717) is 23.3 Å². The van der Waals surface area contributed by atoms with Gasteiger partial charge in [0.15, 0.2) is 0 Å². The van der Waals surface area contributed by atoms with Gasteiger partial charge in [0.25, 0.3) is 11.5 Å². The van der Waals surface area contributed by atoms with Crippen LogP contribution in [0.1, 0.15) is 53.0 Å². The Bertz CT molecular complexity index is 1530. The Balaban J connectivity index is 1.20. The van der Waals surface area contributed by atoms with Gasteiger partial charge in [-0.05, 0) is 36.0 Å². The summed E-state index contributed by atoms with van der Waals surface area (Å²) >= 11 is 0. The Kier molecular flexibility index (Phi) is 5.08. The number of alkyl halides is 3. The van der Waals surface area contributed by atoms with E-state index in [1.807, 2.05) is 12.1 Å². The molecule has 3 aliphatic rings. The van der Waals surface area contributed by atoms with E-state index < -0.39 is 34.7 Å². The molecule has 1 aliphatic carbocycles. The smallest absolute Gasteiger partial charge is 0.337 e. The fourth-order valence-electron chi connectivity index (χ4n) is 5.62. The van der Waals surface area contributed by atoms with E-state index in [2.05, 4.69) is 27.0 Å². The van der Waals surface area contributed by atoms with Crippen molar-refractivity contribution in [2.24, 2.45) is 16.9 Å². The number of carbonyl (C=O) groups excluding carboxylic acids is 1. The number of benzene rings is 1. The lowest BCUT2D eigenvalue weighted by Gasteiger charge is -2.40. The third-order valence-corrected chi connectivity index (χ3v) is 7.85. The minimum Gasteiger partial charge on any atom is -0.337 e. The normalized spacial score (nSPS) is 25.3. The number of likely N-dealkylation sites (tertiary alicyclic amines) is 1. The standard InChI is InChI=1S/C25H23F3N6O3/c1-24(9-19(32-34-7-6-29-22(24)34)17-10-30-23(37)31-20(17)35)18-8-16(18)13-2-4-14(5-3-13)21(36)33-11-15(12-33)25(26,27)28/h2-7,10,15-16,18H,8-9,11-12H2,1H3,(H2,30,31,35,37)/t16-,18+,24?/m1/s1. The number of amides is 1. The number of nitrogens with zero attached hydrogens (tertiary/aromatic N) is 4. The first kappa shape index (κ1) is 23.4. The number of halogens is 3. The van der Waals surface area contributed by atoms with Gasteiger partial charge in [0, 0.05) is 49.1 Å². The van der Waals surface area contributed by atoms with Crippen molar-refractivity contribution in [3.63, 3.8) is 0 Å². The summed E-state index contributed by atoms with van der Waals surface area (Å²) in [4.78, 5) is 47.0. The van der Waals surface area contributed by atoms with Crippen molar-refractivity contribution >= 4 is 11.6 Å². The van der Waals surface area contributed by atoms with Crippen molar-refractivity contribution in [2.75, 3.05) is 13.1 Å². The maximum absolute atomic E-state index is 12.8. The molecule has 3 aromatic rings. The average molecular weight is 512 g/mol. The molecule has 1 aromatic carbocycles. The van der Waals surface area contributed by atoms with E-state index in [4.69, 9.17) is 0 Å². The molecule has 6 rings (SSSR count). The second-order valence-corrected chi connectivity index (χ2v) is 10.2. The first-order valence-corrected chi connectivity index (χ1v) is 11.9. The van der Waals surface area contributed by atoms with Gasteiger partial charge in [-0.1, -0.05) is 19.1 Å². The van der Waals surface area contributed by atoms with Gasteiger partial charge < -0.3 is 9.88 Å². The Morgan fingerprint density at radius 1 is 1.16 bits per heavy atom. The van der Waals surface area contributed by atoms with Crippen LogP contribution in [0.25, 0.3) is 0 Å². The quantitative estimate of drug-likeness (QED) is 0.559. The van der Waals surface area contributed by atoms with Crippen LogP contribution in [-0.4, -0.2) is 55.4 Å². The zero-order chi connectivity index (χ0) is 26.1. The van der Waals surface area contributed by atoms with Crippen LogP contribution in [0.4, 0.5) is 13.2 Å². The molecule has 0 radical (unpaired) electrons. The van der Waals surface area contributed by atoms with Crippen LogP contribution >= 0.6 is 0 Å². The molecule has 0 bridgehead atoms. The second kappa shape index (κ2) is 8.02. The predicted octanol–water partition coefficient (Wildman–Crippen LogP) is 2.61. The summed E-state index contributed by atoms with van der Waals surface area (Å²) in [5.41, 5.74) is 0.704. The monoisotopic (exact) mass is 512 g/mol. The number of H-pyrrole nitrogens is 2. The highest BCUT2D eigenvalue weighted by atomic mass is 19.4. The highest BCUT2D eigenvalue weighted by Crippen LogP contribution is 2.59. The molecule has 2 N–H and O–H groups in total. The molecule has 2 fully saturated rings. The maximum atomic E-state index is 12.8. The zero-order valence-electron chi connectivity index (χ0n) is 19.7. The maximum Gasteiger partial charge on any atom is 0.395 e. The first-order chi connectivity index (χ1) is 17.5. The topological polar surface area (TPSA) is 116 Å². The van der Waals surface area contributed by atoms with Crippen molar-refractivity contribution in [3.05, 3.63) is 86.2 Å². The Morgan fingerprint density at radius 3 is 2.57 bits per heavy atom. The van der Waals surface area contributed by atoms with E-state index in [-0.39, 0.29) is 24.9 Å². The molecule has 2 aromatic heterocycles. The van der Waals surface area contributed by atoms with Crippen LogP contribution in [-0.2, 0) is 5.41 Å². The first-order valence-electron chi connectivity index (χ1n) is 11.9. The molecule has 12 heteroatoms. The number of aromatic amines is 2. The molecule has 37 heavy (non-hydrogen) atoms. The average Bonchev–Trinajstić information content (AvgIpc) is 3.47. The van der Waals surface area contributed by atoms with E-state index >= 15 is 0 Å². The van der Waals surface area contributed by atoms with Crippen LogP contribution in [0.2, 0.25) is 0 Å². The number of fused-ring (bicyclic) bond motifs is 1. The summed E-state index contributed by atoms with van der Waals surface area (Å²) in [6.45, 7) is 1.48. The van der Waals surface area contributed by atoms with Gasteiger partial charge >= 0.3 is 11.9 Å². The van der Waals surface area contributed by atoms with Gasteiger partial charge in [-0.15, -0.1) is 0 Å². The van der Waals surface area contributed by atoms with E-state index in [1.165, 1.54) is 11.1 Å². The molecule has 1 unspecified atom stereocenters. The van der Waals surface area contributed by atoms with Crippen LogP contribution in [0.3, 0.4) is 0 Å². The second-order valence-electron chi connectivity index (χ2n) is 10.2. The lowest BCUT2D eigenvalue weighted by Crippen LogP contribution is -2.55. The molecule has 1 saturated heterocycles. The number of hydrogen-bond acceptors (Lipinski definition) is 5. The summed E-state index contributed by atoms with van der Waals surface area (Å²) < 4.78 is 39.9. The third-order valence-electron chi connectivity index (χ3n) is 7.85. The number of nitrogens with one attached hydrogen (secondary N) is 2. The van der Waals surface area contributed by atoms with Gasteiger partial charge in [0.05, 0.1) is 17.2 Å². The predicted molar refractivity (Wildman–Crippen MR) is 127 cm³/mol. The zero-order valence-corrected chi connectivity index (χ0v) is 19.7. The van der Waals surface area contributed by atoms with Crippen LogP contribution < -0.4 is 11.2 Å². The van der Waals surface area contributed by atoms with Crippen molar-refractivity contribution in [2.45, 2.75) is 37.3 Å². The molecule has 9 nitrogen and oxygen atoms in total. The van der Waals surface area contributed by atoms with Gasteiger partial charge in [-0.25, -0.2) is 14.5 Å². The summed E-state index contributed by atoms with van der Waals surface area (Å²) in [5.74, 6) is -0.690. The van der Waals surface area contributed by atoms with Crippen molar-refractivity contribution in [3.8, 4) is 0 Å². The molecule has 192 valence electrons. The molecular weight excluding hydrogens is 489 g/mol. The van der Waals surface area contributed by atoms with Gasteiger partial charge in [0.1, 0.15) is 5.82 Å². The molecule has 4 heterocycles. The lowest BCUT2D eigenvalue weighted by molar-refractivity contribution is -0.202. The number of aromatic nitrogens is 4. The SMILES string of the molecule is CC1([C@H]2C[C@@H]2c2ccc(C(=O)N3CC(C(F)(F)F)C3)cc2)CC(c2c[nH]c(=O)[nH]c2=O)=Nn2ccnc21.